The molecule has 0 radical (unpaired) electrons. The van der Waals surface area contributed by atoms with E-state index in [4.69, 9.17) is 38.4 Å². The summed E-state index contributed by atoms with van der Waals surface area (Å²) in [5.74, 6) is 1.27. The van der Waals surface area contributed by atoms with Crippen LogP contribution in [0.3, 0.4) is 0 Å². The van der Waals surface area contributed by atoms with Crippen LogP contribution in [-0.2, 0) is 13.2 Å². The molecule has 0 bridgehead atoms. The molecule has 11 heteroatoms. The molecule has 0 saturated carbocycles. The molecule has 27 heavy (non-hydrogen) atoms. The number of halogens is 3. The van der Waals surface area contributed by atoms with E-state index in [2.05, 4.69) is 36.9 Å². The zero-order chi connectivity index (χ0) is 19.4. The van der Waals surface area contributed by atoms with E-state index < -0.39 is 0 Å². The van der Waals surface area contributed by atoms with Gasteiger partial charge in [0.2, 0.25) is 0 Å². The normalized spacial score (nSPS) is 10.7. The van der Waals surface area contributed by atoms with Crippen molar-refractivity contribution in [3.8, 4) is 11.5 Å². The molecule has 1 aromatic heterocycles. The van der Waals surface area contributed by atoms with E-state index in [9.17, 15) is 0 Å². The fourth-order valence-electron chi connectivity index (χ4n) is 2.32. The molecule has 0 saturated heterocycles. The van der Waals surface area contributed by atoms with Gasteiger partial charge in [0.1, 0.15) is 6.61 Å². The van der Waals surface area contributed by atoms with Crippen molar-refractivity contribution >= 4 is 45.1 Å². The number of ether oxygens (including phenoxy) is 2. The van der Waals surface area contributed by atoms with E-state index >= 15 is 0 Å². The third-order valence-corrected chi connectivity index (χ3v) is 5.00. The van der Waals surface area contributed by atoms with Gasteiger partial charge in [-0.3, -0.25) is 0 Å². The average molecular weight is 474 g/mol. The van der Waals surface area contributed by atoms with Gasteiger partial charge in [0, 0.05) is 25.6 Å². The van der Waals surface area contributed by atoms with Crippen LogP contribution in [0.5, 0.6) is 11.5 Å². The minimum absolute atomic E-state index is 0.143. The summed E-state index contributed by atoms with van der Waals surface area (Å²) < 4.78 is 12.3. The molecule has 8 nitrogen and oxygen atoms in total. The zero-order valence-electron chi connectivity index (χ0n) is 14.1. The summed E-state index contributed by atoms with van der Waals surface area (Å²) in [6.07, 6.45) is 0. The SMILES string of the molecule is COc1ccc(Br)c(CNn2nnnc2N)c1OCc1ccc(Cl)cc1Cl. The van der Waals surface area contributed by atoms with Crippen LogP contribution in [0, 0.1) is 0 Å². The molecule has 3 rings (SSSR count). The summed E-state index contributed by atoms with van der Waals surface area (Å²) in [6.45, 7) is 0.569. The number of rotatable bonds is 7. The van der Waals surface area contributed by atoms with Gasteiger partial charge in [-0.2, -0.15) is 0 Å². The Morgan fingerprint density at radius 3 is 2.74 bits per heavy atom. The Kier molecular flexibility index (Phi) is 6.25. The highest BCUT2D eigenvalue weighted by molar-refractivity contribution is 9.10. The molecular formula is C16H15BrCl2N6O2. The van der Waals surface area contributed by atoms with Crippen molar-refractivity contribution in [1.82, 2.24) is 20.3 Å². The summed E-state index contributed by atoms with van der Waals surface area (Å²) in [7, 11) is 1.57. The zero-order valence-corrected chi connectivity index (χ0v) is 17.2. The van der Waals surface area contributed by atoms with Crippen molar-refractivity contribution < 1.29 is 9.47 Å². The van der Waals surface area contributed by atoms with E-state index in [-0.39, 0.29) is 12.6 Å². The van der Waals surface area contributed by atoms with Gasteiger partial charge >= 0.3 is 0 Å². The second-order valence-electron chi connectivity index (χ2n) is 5.37. The number of anilines is 1. The first-order chi connectivity index (χ1) is 13.0. The lowest BCUT2D eigenvalue weighted by Gasteiger charge is -2.18. The lowest BCUT2D eigenvalue weighted by Crippen LogP contribution is -2.19. The maximum Gasteiger partial charge on any atom is 0.260 e. The summed E-state index contributed by atoms with van der Waals surface area (Å²) in [5, 5.41) is 11.9. The molecule has 0 aliphatic carbocycles. The van der Waals surface area contributed by atoms with E-state index in [1.54, 1.807) is 25.3 Å². The Bertz CT molecular complexity index is 953. The van der Waals surface area contributed by atoms with Gasteiger partial charge < -0.3 is 20.6 Å². The second-order valence-corrected chi connectivity index (χ2v) is 7.06. The van der Waals surface area contributed by atoms with Gasteiger partial charge in [0.05, 0.1) is 13.7 Å². The van der Waals surface area contributed by atoms with Crippen LogP contribution in [0.2, 0.25) is 10.0 Å². The minimum Gasteiger partial charge on any atom is -0.493 e. The van der Waals surface area contributed by atoms with Gasteiger partial charge in [0.15, 0.2) is 11.5 Å². The topological polar surface area (TPSA) is 100 Å². The van der Waals surface area contributed by atoms with Crippen LogP contribution in [-0.4, -0.2) is 27.4 Å². The molecule has 0 aliphatic heterocycles. The van der Waals surface area contributed by atoms with Crippen LogP contribution < -0.4 is 20.6 Å². The maximum atomic E-state index is 6.23. The van der Waals surface area contributed by atoms with Gasteiger partial charge in [-0.05, 0) is 34.7 Å². The highest BCUT2D eigenvalue weighted by Crippen LogP contribution is 2.37. The Hall–Kier alpha value is -2.23. The Balaban J connectivity index is 1.85. The largest absolute Gasteiger partial charge is 0.493 e. The number of benzene rings is 2. The lowest BCUT2D eigenvalue weighted by molar-refractivity contribution is 0.281. The van der Waals surface area contributed by atoms with Crippen LogP contribution in [0.25, 0.3) is 0 Å². The summed E-state index contributed by atoms with van der Waals surface area (Å²) in [5.41, 5.74) is 10.3. The number of aromatic nitrogens is 4. The molecule has 0 aliphatic rings. The van der Waals surface area contributed by atoms with Crippen LogP contribution in [0.4, 0.5) is 5.95 Å². The molecule has 0 atom stereocenters. The number of nitrogen functional groups attached to an aromatic ring is 1. The van der Waals surface area contributed by atoms with E-state index in [0.717, 1.165) is 15.6 Å². The summed E-state index contributed by atoms with van der Waals surface area (Å²) >= 11 is 15.7. The average Bonchev–Trinajstić information content (AvgIpc) is 3.05. The third kappa shape index (κ3) is 4.55. The van der Waals surface area contributed by atoms with Crippen molar-refractivity contribution in [3.05, 3.63) is 56.0 Å². The first-order valence-corrected chi connectivity index (χ1v) is 9.24. The first-order valence-electron chi connectivity index (χ1n) is 7.69. The number of nitrogens with one attached hydrogen (secondary N) is 1. The number of hydrogen-bond acceptors (Lipinski definition) is 7. The van der Waals surface area contributed by atoms with Crippen molar-refractivity contribution in [2.24, 2.45) is 0 Å². The fourth-order valence-corrected chi connectivity index (χ4v) is 3.23. The van der Waals surface area contributed by atoms with E-state index in [1.807, 2.05) is 12.1 Å². The number of hydrogen-bond donors (Lipinski definition) is 2. The van der Waals surface area contributed by atoms with Crippen LogP contribution in [0.1, 0.15) is 11.1 Å². The molecule has 0 amide bonds. The Morgan fingerprint density at radius 1 is 1.26 bits per heavy atom. The third-order valence-electron chi connectivity index (χ3n) is 3.67. The Morgan fingerprint density at radius 2 is 2.07 bits per heavy atom. The van der Waals surface area contributed by atoms with Gasteiger partial charge in [0.25, 0.3) is 5.95 Å². The maximum absolute atomic E-state index is 6.23. The molecule has 142 valence electrons. The fraction of sp³-hybridized carbons (Fsp3) is 0.188. The molecule has 3 aromatic rings. The predicted molar refractivity (Wildman–Crippen MR) is 107 cm³/mol. The number of nitrogens with two attached hydrogens (primary N) is 1. The van der Waals surface area contributed by atoms with Gasteiger partial charge in [-0.15, -0.1) is 4.79 Å². The number of tetrazole rings is 1. The quantitative estimate of drug-likeness (QED) is 0.540. The van der Waals surface area contributed by atoms with E-state index in [0.29, 0.717) is 28.1 Å². The molecule has 0 spiro atoms. The summed E-state index contributed by atoms with van der Waals surface area (Å²) in [4.78, 5) is 1.27. The molecule has 3 N–H and O–H groups in total. The van der Waals surface area contributed by atoms with Crippen molar-refractivity contribution in [2.45, 2.75) is 13.2 Å². The standard InChI is InChI=1S/C16H15BrCl2N6O2/c1-26-14-5-4-12(17)11(7-21-25-16(20)22-23-24-25)15(14)27-8-9-2-3-10(18)6-13(9)19/h2-6,21H,7-8H2,1H3,(H2,20,22,24). The monoisotopic (exact) mass is 472 g/mol. The van der Waals surface area contributed by atoms with E-state index in [1.165, 1.54) is 4.79 Å². The van der Waals surface area contributed by atoms with Crippen LogP contribution in [0.15, 0.2) is 34.8 Å². The minimum atomic E-state index is 0.143. The number of methoxy groups -OCH3 is 1. The van der Waals surface area contributed by atoms with Crippen molar-refractivity contribution in [2.75, 3.05) is 18.3 Å². The predicted octanol–water partition coefficient (Wildman–Crippen LogP) is 3.66. The summed E-state index contributed by atoms with van der Waals surface area (Å²) in [6, 6.07) is 8.91. The smallest absolute Gasteiger partial charge is 0.260 e. The second kappa shape index (κ2) is 8.64. The van der Waals surface area contributed by atoms with Crippen molar-refractivity contribution in [1.29, 1.82) is 0 Å². The Labute approximate surface area is 173 Å². The highest BCUT2D eigenvalue weighted by atomic mass is 79.9. The molecule has 0 fully saturated rings. The first kappa shape index (κ1) is 19.5. The molecule has 2 aromatic carbocycles. The molecule has 1 heterocycles. The lowest BCUT2D eigenvalue weighted by atomic mass is 10.1. The molecule has 0 unspecified atom stereocenters. The van der Waals surface area contributed by atoms with Crippen molar-refractivity contribution in [3.63, 3.8) is 0 Å². The van der Waals surface area contributed by atoms with Gasteiger partial charge in [-0.1, -0.05) is 50.3 Å². The number of nitrogens with zero attached hydrogens (tertiary/aromatic N) is 4. The van der Waals surface area contributed by atoms with Crippen LogP contribution >= 0.6 is 39.1 Å². The van der Waals surface area contributed by atoms with Gasteiger partial charge in [-0.25, -0.2) is 0 Å². The highest BCUT2D eigenvalue weighted by Gasteiger charge is 2.16. The molecular weight excluding hydrogens is 459 g/mol.